The number of aryl methyl sites for hydroxylation is 1. The van der Waals surface area contributed by atoms with Gasteiger partial charge in [-0.3, -0.25) is 4.79 Å². The van der Waals surface area contributed by atoms with Crippen molar-refractivity contribution in [1.29, 1.82) is 0 Å². The highest BCUT2D eigenvalue weighted by atomic mass is 32.1. The molecule has 1 atom stereocenters. The number of hydrogen-bond donors (Lipinski definition) is 4. The quantitative estimate of drug-likeness (QED) is 0.539. The van der Waals surface area contributed by atoms with Gasteiger partial charge in [-0.25, -0.2) is 4.68 Å². The molecule has 3 heterocycles. The average molecular weight is 412 g/mol. The molecular weight excluding hydrogens is 386 g/mol. The number of nitrogens with zero attached hydrogens (tertiary/aromatic N) is 3. The Balaban J connectivity index is 1.60. The fourth-order valence-corrected chi connectivity index (χ4v) is 3.70. The number of nitrogens with one attached hydrogen (secondary N) is 2. The van der Waals surface area contributed by atoms with Crippen LogP contribution in [0.3, 0.4) is 0 Å². The van der Waals surface area contributed by atoms with Crippen molar-refractivity contribution < 1.29 is 4.79 Å². The first-order valence-corrected chi connectivity index (χ1v) is 10.1. The van der Waals surface area contributed by atoms with Crippen molar-refractivity contribution in [2.24, 2.45) is 11.5 Å². The molecule has 0 saturated carbocycles. The van der Waals surface area contributed by atoms with Crippen molar-refractivity contribution in [3.8, 4) is 0 Å². The number of thiophene rings is 1. The molecule has 0 saturated heterocycles. The maximum absolute atomic E-state index is 12.4. The van der Waals surface area contributed by atoms with Gasteiger partial charge < -0.3 is 22.1 Å². The molecule has 9 heteroatoms. The van der Waals surface area contributed by atoms with Crippen molar-refractivity contribution in [2.75, 3.05) is 6.54 Å². The number of carbonyl (C=O) groups is 1. The molecule has 1 aliphatic rings. The minimum atomic E-state index is -0.349. The molecule has 29 heavy (non-hydrogen) atoms. The minimum Gasteiger partial charge on any atom is -0.401 e. The molecule has 1 amide bonds. The highest BCUT2D eigenvalue weighted by molar-refractivity contribution is 7.11. The third-order valence-corrected chi connectivity index (χ3v) is 5.46. The topological polar surface area (TPSA) is 124 Å². The maximum Gasteiger partial charge on any atom is 0.273 e. The van der Waals surface area contributed by atoms with Crippen LogP contribution in [-0.2, 0) is 0 Å². The molecule has 0 radical (unpaired) electrons. The van der Waals surface area contributed by atoms with Crippen molar-refractivity contribution in [2.45, 2.75) is 26.8 Å². The third kappa shape index (κ3) is 4.94. The van der Waals surface area contributed by atoms with E-state index in [0.717, 1.165) is 21.8 Å². The van der Waals surface area contributed by atoms with Gasteiger partial charge in [0.2, 0.25) is 0 Å². The number of hydrogen-bond acceptors (Lipinski definition) is 7. The second-order valence-corrected chi connectivity index (χ2v) is 7.75. The van der Waals surface area contributed by atoms with Crippen LogP contribution in [-0.4, -0.2) is 33.5 Å². The number of nitrogens with two attached hydrogens (primary N) is 2. The van der Waals surface area contributed by atoms with Gasteiger partial charge in [0.05, 0.1) is 23.3 Å². The van der Waals surface area contributed by atoms with E-state index in [1.807, 2.05) is 37.4 Å². The molecule has 152 valence electrons. The van der Waals surface area contributed by atoms with Gasteiger partial charge in [-0.1, -0.05) is 11.3 Å². The summed E-state index contributed by atoms with van der Waals surface area (Å²) in [6.07, 6.45) is 9.01. The Kier molecular flexibility index (Phi) is 6.18. The summed E-state index contributed by atoms with van der Waals surface area (Å²) < 4.78 is 1.58. The van der Waals surface area contributed by atoms with Crippen molar-refractivity contribution in [3.05, 3.63) is 69.5 Å². The van der Waals surface area contributed by atoms with E-state index in [4.69, 9.17) is 11.5 Å². The van der Waals surface area contributed by atoms with E-state index in [-0.39, 0.29) is 24.2 Å². The maximum atomic E-state index is 12.4. The predicted octanol–water partition coefficient (Wildman–Crippen LogP) is 1.96. The lowest BCUT2D eigenvalue weighted by molar-refractivity contribution is 0.0952. The first-order chi connectivity index (χ1) is 13.8. The number of dihydropyridines is 1. The molecule has 0 bridgehead atoms. The van der Waals surface area contributed by atoms with Crippen LogP contribution < -0.4 is 22.1 Å². The zero-order chi connectivity index (χ0) is 21.0. The van der Waals surface area contributed by atoms with E-state index >= 15 is 0 Å². The summed E-state index contributed by atoms with van der Waals surface area (Å²) in [6.45, 7) is 6.20. The first-order valence-electron chi connectivity index (χ1n) is 9.18. The van der Waals surface area contributed by atoms with E-state index in [2.05, 4.69) is 27.9 Å². The molecule has 2 aromatic heterocycles. The van der Waals surface area contributed by atoms with Gasteiger partial charge in [0.1, 0.15) is 0 Å². The molecule has 0 aliphatic carbocycles. The van der Waals surface area contributed by atoms with Crippen molar-refractivity contribution in [1.82, 2.24) is 25.6 Å². The van der Waals surface area contributed by atoms with Crippen LogP contribution in [0.4, 0.5) is 0 Å². The second kappa shape index (κ2) is 8.78. The van der Waals surface area contributed by atoms with Crippen LogP contribution in [0.5, 0.6) is 0 Å². The van der Waals surface area contributed by atoms with E-state index in [0.29, 0.717) is 11.4 Å². The number of allylic oxidation sites excluding steroid dienone is 5. The minimum absolute atomic E-state index is 0.180. The fourth-order valence-electron chi connectivity index (χ4n) is 2.83. The third-order valence-electron chi connectivity index (χ3n) is 4.40. The van der Waals surface area contributed by atoms with Crippen LogP contribution >= 0.6 is 11.3 Å². The largest absolute Gasteiger partial charge is 0.401 e. The lowest BCUT2D eigenvalue weighted by atomic mass is 10.2. The zero-order valence-corrected chi connectivity index (χ0v) is 17.5. The molecule has 2 aromatic rings. The van der Waals surface area contributed by atoms with Gasteiger partial charge >= 0.3 is 0 Å². The Bertz CT molecular complexity index is 1030. The Hall–Kier alpha value is -3.33. The highest BCUT2D eigenvalue weighted by Gasteiger charge is 2.15. The van der Waals surface area contributed by atoms with Gasteiger partial charge in [-0.15, -0.1) is 16.4 Å². The summed E-state index contributed by atoms with van der Waals surface area (Å²) in [5.74, 6) is -0.349. The van der Waals surface area contributed by atoms with Crippen LogP contribution in [0.25, 0.3) is 11.4 Å². The molecule has 0 fully saturated rings. The summed E-state index contributed by atoms with van der Waals surface area (Å²) in [7, 11) is 0. The SMILES string of the molecule is CC1=C(n2cc(C(=O)NC/C(N)=C/C=C(\N)c3sccc3C)nn2)C=CC(C)N1. The number of aromatic nitrogens is 3. The number of carbonyl (C=O) groups excluding carboxylic acids is 1. The lowest BCUT2D eigenvalue weighted by Crippen LogP contribution is -2.28. The van der Waals surface area contributed by atoms with Crippen LogP contribution in [0.1, 0.15) is 34.8 Å². The molecule has 3 rings (SSSR count). The van der Waals surface area contributed by atoms with E-state index in [1.165, 1.54) is 0 Å². The van der Waals surface area contributed by atoms with E-state index in [9.17, 15) is 4.79 Å². The fraction of sp³-hybridized carbons (Fsp3) is 0.250. The summed E-state index contributed by atoms with van der Waals surface area (Å²) in [4.78, 5) is 13.4. The normalized spacial score (nSPS) is 17.4. The monoisotopic (exact) mass is 411 g/mol. The smallest absolute Gasteiger partial charge is 0.273 e. The first kappa shape index (κ1) is 20.4. The van der Waals surface area contributed by atoms with Gasteiger partial charge in [-0.05, 0) is 56.0 Å². The Morgan fingerprint density at radius 1 is 1.38 bits per heavy atom. The van der Waals surface area contributed by atoms with Gasteiger partial charge in [-0.2, -0.15) is 0 Å². The lowest BCUT2D eigenvalue weighted by Gasteiger charge is -2.19. The molecule has 1 aliphatic heterocycles. The van der Waals surface area contributed by atoms with Crippen LogP contribution in [0.2, 0.25) is 0 Å². The van der Waals surface area contributed by atoms with Crippen molar-refractivity contribution in [3.63, 3.8) is 0 Å². The Morgan fingerprint density at radius 3 is 2.86 bits per heavy atom. The molecule has 8 nitrogen and oxygen atoms in total. The van der Waals surface area contributed by atoms with Crippen LogP contribution in [0, 0.1) is 6.92 Å². The summed E-state index contributed by atoms with van der Waals surface area (Å²) in [5.41, 5.74) is 16.3. The zero-order valence-electron chi connectivity index (χ0n) is 16.6. The van der Waals surface area contributed by atoms with Crippen molar-refractivity contribution >= 4 is 28.6 Å². The van der Waals surface area contributed by atoms with Gasteiger partial charge in [0, 0.05) is 23.1 Å². The Labute approximate surface area is 173 Å². The molecule has 0 aromatic carbocycles. The van der Waals surface area contributed by atoms with Crippen LogP contribution in [0.15, 0.2) is 53.3 Å². The Morgan fingerprint density at radius 2 is 2.17 bits per heavy atom. The second-order valence-electron chi connectivity index (χ2n) is 6.83. The summed E-state index contributed by atoms with van der Waals surface area (Å²) in [5, 5.41) is 16.0. The number of rotatable bonds is 6. The van der Waals surface area contributed by atoms with Gasteiger partial charge in [0.15, 0.2) is 5.69 Å². The molecule has 1 unspecified atom stereocenters. The average Bonchev–Trinajstić information content (AvgIpc) is 3.33. The van der Waals surface area contributed by atoms with E-state index < -0.39 is 0 Å². The predicted molar refractivity (Wildman–Crippen MR) is 116 cm³/mol. The van der Waals surface area contributed by atoms with E-state index in [1.54, 1.807) is 34.4 Å². The molecule has 0 spiro atoms. The molecule has 6 N–H and O–H groups in total. The summed E-state index contributed by atoms with van der Waals surface area (Å²) in [6, 6.07) is 2.27. The highest BCUT2D eigenvalue weighted by Crippen LogP contribution is 2.21. The molecular formula is C20H25N7OS. The summed E-state index contributed by atoms with van der Waals surface area (Å²) >= 11 is 1.58. The standard InChI is InChI=1S/C20H25N7OS/c1-12-8-9-29-19(12)16(22)6-5-15(21)10-23-20(28)17-11-27(26-25-17)18-7-4-13(2)24-14(18)3/h4-9,11,13,24H,10,21-22H2,1-3H3,(H,23,28)/b15-5-,16-6-. The van der Waals surface area contributed by atoms with Gasteiger partial charge in [0.25, 0.3) is 5.91 Å². The number of amides is 1.